The minimum atomic E-state index is 0.723. The van der Waals surface area contributed by atoms with E-state index >= 15 is 0 Å². The van der Waals surface area contributed by atoms with Crippen LogP contribution in [0.1, 0.15) is 11.4 Å². The number of nitrogens with zero attached hydrogens (tertiary/aromatic N) is 5. The summed E-state index contributed by atoms with van der Waals surface area (Å²) in [7, 11) is 4.06. The Hall–Kier alpha value is -3.41. The smallest absolute Gasteiger partial charge is 0.163 e. The quantitative estimate of drug-likeness (QED) is 0.550. The fourth-order valence-electron chi connectivity index (χ4n) is 3.18. The van der Waals surface area contributed by atoms with Crippen LogP contribution in [0.15, 0.2) is 60.8 Å². The number of anilines is 3. The van der Waals surface area contributed by atoms with Gasteiger partial charge >= 0.3 is 0 Å². The zero-order valence-electron chi connectivity index (χ0n) is 16.4. The molecule has 0 aliphatic heterocycles. The molecular formula is C22H24N6. The molecule has 4 aromatic rings. The van der Waals surface area contributed by atoms with E-state index in [4.69, 9.17) is 0 Å². The molecule has 2 heterocycles. The van der Waals surface area contributed by atoms with E-state index in [0.717, 1.165) is 47.0 Å². The minimum absolute atomic E-state index is 0.723. The van der Waals surface area contributed by atoms with Gasteiger partial charge in [-0.3, -0.25) is 0 Å². The van der Waals surface area contributed by atoms with Crippen molar-refractivity contribution in [3.8, 4) is 0 Å². The van der Waals surface area contributed by atoms with E-state index in [9.17, 15) is 0 Å². The summed E-state index contributed by atoms with van der Waals surface area (Å²) in [5, 5.41) is 8.90. The molecule has 0 radical (unpaired) electrons. The molecule has 0 aliphatic rings. The van der Waals surface area contributed by atoms with Gasteiger partial charge in [0.05, 0.1) is 11.6 Å². The summed E-state index contributed by atoms with van der Waals surface area (Å²) in [6.45, 7) is 2.69. The number of nitrogens with one attached hydrogen (secondary N) is 1. The molecule has 1 N–H and O–H groups in total. The zero-order valence-corrected chi connectivity index (χ0v) is 16.4. The maximum absolute atomic E-state index is 4.63. The van der Waals surface area contributed by atoms with Gasteiger partial charge in [-0.2, -0.15) is 5.10 Å². The Bertz CT molecular complexity index is 1070. The summed E-state index contributed by atoms with van der Waals surface area (Å²) >= 11 is 0. The molecule has 6 heteroatoms. The van der Waals surface area contributed by atoms with Crippen molar-refractivity contribution in [1.29, 1.82) is 0 Å². The van der Waals surface area contributed by atoms with Crippen LogP contribution in [-0.4, -0.2) is 33.8 Å². The molecule has 0 saturated carbocycles. The highest BCUT2D eigenvalue weighted by molar-refractivity contribution is 5.88. The minimum Gasteiger partial charge on any atom is -0.378 e. The lowest BCUT2D eigenvalue weighted by Crippen LogP contribution is -2.08. The molecule has 6 nitrogen and oxygen atoms in total. The lowest BCUT2D eigenvalue weighted by atomic mass is 10.1. The fraction of sp³-hybridized carbons (Fsp3) is 0.227. The topological polar surface area (TPSA) is 58.9 Å². The lowest BCUT2D eigenvalue weighted by molar-refractivity contribution is 0.629. The average Bonchev–Trinajstić information content (AvgIpc) is 3.10. The number of benzene rings is 2. The maximum Gasteiger partial charge on any atom is 0.163 e. The monoisotopic (exact) mass is 372 g/mol. The Morgan fingerprint density at radius 2 is 1.71 bits per heavy atom. The highest BCUT2D eigenvalue weighted by atomic mass is 15.3. The first-order valence-corrected chi connectivity index (χ1v) is 9.38. The molecule has 0 saturated heterocycles. The molecule has 2 aromatic heterocycles. The molecule has 142 valence electrons. The van der Waals surface area contributed by atoms with Crippen LogP contribution in [0.2, 0.25) is 0 Å². The second-order valence-corrected chi connectivity index (χ2v) is 7.03. The van der Waals surface area contributed by atoms with E-state index in [0.29, 0.717) is 0 Å². The van der Waals surface area contributed by atoms with Gasteiger partial charge < -0.3 is 10.2 Å². The van der Waals surface area contributed by atoms with Gasteiger partial charge in [-0.1, -0.05) is 30.3 Å². The number of rotatable bonds is 6. The van der Waals surface area contributed by atoms with E-state index < -0.39 is 0 Å². The van der Waals surface area contributed by atoms with Crippen molar-refractivity contribution in [2.75, 3.05) is 24.3 Å². The Morgan fingerprint density at radius 1 is 0.964 bits per heavy atom. The van der Waals surface area contributed by atoms with Crippen LogP contribution in [0.25, 0.3) is 11.0 Å². The first-order chi connectivity index (χ1) is 13.6. The van der Waals surface area contributed by atoms with Crippen molar-refractivity contribution < 1.29 is 0 Å². The number of hydrogen-bond acceptors (Lipinski definition) is 5. The molecule has 0 fully saturated rings. The summed E-state index contributed by atoms with van der Waals surface area (Å²) < 4.78 is 1.96. The van der Waals surface area contributed by atoms with Gasteiger partial charge in [-0.25, -0.2) is 14.6 Å². The molecule has 2 aromatic carbocycles. The summed E-state index contributed by atoms with van der Waals surface area (Å²) in [4.78, 5) is 11.3. The van der Waals surface area contributed by atoms with Crippen LogP contribution in [0.3, 0.4) is 0 Å². The number of hydrogen-bond donors (Lipinski definition) is 1. The van der Waals surface area contributed by atoms with Crippen LogP contribution in [0.4, 0.5) is 17.2 Å². The van der Waals surface area contributed by atoms with E-state index in [1.807, 2.05) is 38.0 Å². The van der Waals surface area contributed by atoms with Crippen LogP contribution < -0.4 is 10.2 Å². The van der Waals surface area contributed by atoms with Crippen LogP contribution in [-0.2, 0) is 13.0 Å². The van der Waals surface area contributed by atoms with Gasteiger partial charge in [0.25, 0.3) is 0 Å². The third kappa shape index (κ3) is 3.81. The van der Waals surface area contributed by atoms with Gasteiger partial charge in [0.1, 0.15) is 11.6 Å². The third-order valence-corrected chi connectivity index (χ3v) is 4.71. The van der Waals surface area contributed by atoms with Gasteiger partial charge in [0, 0.05) is 32.0 Å². The highest BCUT2D eigenvalue weighted by Crippen LogP contribution is 2.25. The van der Waals surface area contributed by atoms with Gasteiger partial charge in [-0.15, -0.1) is 0 Å². The molecule has 0 bridgehead atoms. The van der Waals surface area contributed by atoms with Crippen LogP contribution >= 0.6 is 0 Å². The van der Waals surface area contributed by atoms with Crippen molar-refractivity contribution in [3.05, 3.63) is 72.2 Å². The summed E-state index contributed by atoms with van der Waals surface area (Å²) in [6.07, 6.45) is 2.76. The van der Waals surface area contributed by atoms with Gasteiger partial charge in [0.15, 0.2) is 5.65 Å². The van der Waals surface area contributed by atoms with Crippen molar-refractivity contribution >= 4 is 28.2 Å². The fourth-order valence-corrected chi connectivity index (χ4v) is 3.18. The number of aryl methyl sites for hydroxylation is 3. The second-order valence-electron chi connectivity index (χ2n) is 7.03. The van der Waals surface area contributed by atoms with Gasteiger partial charge in [0.2, 0.25) is 0 Å². The summed E-state index contributed by atoms with van der Waals surface area (Å²) in [5.74, 6) is 1.51. The largest absolute Gasteiger partial charge is 0.378 e. The van der Waals surface area contributed by atoms with E-state index in [1.165, 1.54) is 5.56 Å². The molecule has 28 heavy (non-hydrogen) atoms. The Balaban J connectivity index is 1.60. The molecule has 0 amide bonds. The van der Waals surface area contributed by atoms with Crippen molar-refractivity contribution in [2.45, 2.75) is 19.9 Å². The molecule has 0 unspecified atom stereocenters. The standard InChI is InChI=1S/C22H24N6/c1-16-24-21(26-18-9-11-19(12-10-18)27(2)3)20-15-23-28(22(20)25-16)14-13-17-7-5-4-6-8-17/h4-12,15H,13-14H2,1-3H3,(H,24,25,26). The van der Waals surface area contributed by atoms with Crippen molar-refractivity contribution in [3.63, 3.8) is 0 Å². The highest BCUT2D eigenvalue weighted by Gasteiger charge is 2.12. The Morgan fingerprint density at radius 3 is 2.43 bits per heavy atom. The zero-order chi connectivity index (χ0) is 19.5. The Labute approximate surface area is 164 Å². The second kappa shape index (κ2) is 7.68. The maximum atomic E-state index is 4.63. The van der Waals surface area contributed by atoms with Crippen LogP contribution in [0, 0.1) is 6.92 Å². The third-order valence-electron chi connectivity index (χ3n) is 4.71. The van der Waals surface area contributed by atoms with E-state index in [-0.39, 0.29) is 0 Å². The Kier molecular flexibility index (Phi) is 4.93. The first-order valence-electron chi connectivity index (χ1n) is 9.38. The average molecular weight is 372 g/mol. The van der Waals surface area contributed by atoms with Crippen molar-refractivity contribution in [2.24, 2.45) is 0 Å². The predicted molar refractivity (Wildman–Crippen MR) is 114 cm³/mol. The van der Waals surface area contributed by atoms with Gasteiger partial charge in [-0.05, 0) is 43.2 Å². The van der Waals surface area contributed by atoms with E-state index in [2.05, 4.69) is 73.8 Å². The molecular weight excluding hydrogens is 348 g/mol. The number of fused-ring (bicyclic) bond motifs is 1. The summed E-state index contributed by atoms with van der Waals surface area (Å²) in [6, 6.07) is 18.7. The molecule has 0 atom stereocenters. The van der Waals surface area contributed by atoms with Crippen molar-refractivity contribution in [1.82, 2.24) is 19.7 Å². The lowest BCUT2D eigenvalue weighted by Gasteiger charge is -2.13. The SMILES string of the molecule is Cc1nc(Nc2ccc(N(C)C)cc2)c2cnn(CCc3ccccc3)c2n1. The normalized spacial score (nSPS) is 11.0. The number of aromatic nitrogens is 4. The summed E-state index contributed by atoms with van der Waals surface area (Å²) in [5.41, 5.74) is 4.29. The van der Waals surface area contributed by atoms with E-state index in [1.54, 1.807) is 0 Å². The van der Waals surface area contributed by atoms with Crippen LogP contribution in [0.5, 0.6) is 0 Å². The first kappa shape index (κ1) is 18.0. The molecule has 0 spiro atoms. The molecule has 4 rings (SSSR count). The predicted octanol–water partition coefficient (Wildman–Crippen LogP) is 4.19. The molecule has 0 aliphatic carbocycles.